The van der Waals surface area contributed by atoms with Gasteiger partial charge in [-0.25, -0.2) is 35.1 Å². The Bertz CT molecular complexity index is 1390. The predicted octanol–water partition coefficient (Wildman–Crippen LogP) is 6.49. The first-order valence-electron chi connectivity index (χ1n) is 10.6. The van der Waals surface area contributed by atoms with E-state index in [9.17, 15) is 107 Å². The number of carbonyl (C=O) groups is 4. The van der Waals surface area contributed by atoms with Crippen LogP contribution < -0.4 is 21.3 Å². The Kier molecular flexibility index (Phi) is 11.9. The molecule has 268 valence electrons. The highest BCUT2D eigenvalue weighted by Crippen LogP contribution is 2.37. The fourth-order valence-electron chi connectivity index (χ4n) is 2.47. The summed E-state index contributed by atoms with van der Waals surface area (Å²) in [5, 5.41) is 2.07. The van der Waals surface area contributed by atoms with Crippen molar-refractivity contribution in [2.75, 3.05) is 21.3 Å². The molecule has 8 nitrogen and oxygen atoms in total. The van der Waals surface area contributed by atoms with Crippen LogP contribution in [0.5, 0.6) is 0 Å². The highest BCUT2D eigenvalue weighted by Gasteiger charge is 2.45. The van der Waals surface area contributed by atoms with Gasteiger partial charge < -0.3 is 21.3 Å². The quantitative estimate of drug-likeness (QED) is 0.163. The summed E-state index contributed by atoms with van der Waals surface area (Å²) < 4.78 is 250. The topological polar surface area (TPSA) is 116 Å². The lowest BCUT2D eigenvalue weighted by Crippen LogP contribution is -2.33. The van der Waals surface area contributed by atoms with E-state index in [4.69, 9.17) is 0 Å². The van der Waals surface area contributed by atoms with Crippen molar-refractivity contribution in [3.63, 3.8) is 0 Å². The van der Waals surface area contributed by atoms with Gasteiger partial charge in [0.25, 0.3) is 0 Å². The molecular weight excluding hydrogens is 740 g/mol. The van der Waals surface area contributed by atoms with Crippen LogP contribution in [0.4, 0.5) is 111 Å². The van der Waals surface area contributed by atoms with Crippen molar-refractivity contribution in [3.8, 4) is 0 Å². The highest BCUT2D eigenvalue weighted by molar-refractivity contribution is 6.04. The molecule has 0 aliphatic heterocycles. The molecule has 28 heteroatoms. The van der Waals surface area contributed by atoms with Crippen molar-refractivity contribution in [2.45, 2.75) is 24.7 Å². The fraction of sp³-hybridized carbons (Fsp3) is 0.200. The van der Waals surface area contributed by atoms with E-state index in [1.807, 2.05) is 0 Å². The third-order valence-corrected chi connectivity index (χ3v) is 4.52. The maximum Gasteiger partial charge on any atom is 0.471 e. The molecule has 0 fully saturated rings. The van der Waals surface area contributed by atoms with E-state index in [-0.39, 0.29) is 0 Å². The molecule has 0 spiro atoms. The van der Waals surface area contributed by atoms with E-state index in [2.05, 4.69) is 0 Å². The molecule has 0 aliphatic carbocycles. The number of hydrogen-bond donors (Lipinski definition) is 4. The first-order valence-corrected chi connectivity index (χ1v) is 10.6. The van der Waals surface area contributed by atoms with Crippen molar-refractivity contribution in [2.24, 2.45) is 0 Å². The van der Waals surface area contributed by atoms with E-state index in [0.717, 1.165) is 0 Å². The molecule has 2 rings (SSSR count). The third kappa shape index (κ3) is 9.48. The Hall–Kier alpha value is -5.08. The zero-order valence-corrected chi connectivity index (χ0v) is 21.2. The zero-order valence-electron chi connectivity index (χ0n) is 21.2. The summed E-state index contributed by atoms with van der Waals surface area (Å²) in [5.41, 5.74) is -8.70. The van der Waals surface area contributed by atoms with Gasteiger partial charge in [-0.15, -0.1) is 0 Å². The lowest BCUT2D eigenvalue weighted by Gasteiger charge is -2.16. The van der Waals surface area contributed by atoms with E-state index < -0.39 is 118 Å². The number of nitrogens with one attached hydrogen (secondary N) is 4. The summed E-state index contributed by atoms with van der Waals surface area (Å²) in [5.74, 6) is -33.7. The van der Waals surface area contributed by atoms with Crippen molar-refractivity contribution in [1.82, 2.24) is 0 Å². The van der Waals surface area contributed by atoms with Gasteiger partial charge in [0.15, 0.2) is 46.5 Å². The van der Waals surface area contributed by atoms with Gasteiger partial charge in [0.2, 0.25) is 0 Å². The molecule has 2 aromatic rings. The van der Waals surface area contributed by atoms with E-state index in [0.29, 0.717) is 21.3 Å². The van der Waals surface area contributed by atoms with Crippen molar-refractivity contribution >= 4 is 46.4 Å². The Balaban J connectivity index is 0.000000480. The molecule has 0 radical (unpaired) electrons. The molecule has 0 aromatic heterocycles. The van der Waals surface area contributed by atoms with Crippen LogP contribution in [0.2, 0.25) is 0 Å². The molecule has 4 N–H and O–H groups in total. The maximum absolute atomic E-state index is 13.4. The van der Waals surface area contributed by atoms with Crippen molar-refractivity contribution in [1.29, 1.82) is 0 Å². The smallest absolute Gasteiger partial charge is 0.314 e. The molecule has 0 unspecified atom stereocenters. The van der Waals surface area contributed by atoms with Crippen LogP contribution in [-0.4, -0.2) is 48.3 Å². The van der Waals surface area contributed by atoms with Crippen LogP contribution in [0.3, 0.4) is 0 Å². The molecule has 0 atom stereocenters. The number of halogens is 20. The molecule has 0 saturated carbocycles. The van der Waals surface area contributed by atoms with Crippen LogP contribution in [-0.2, 0) is 19.2 Å². The zero-order chi connectivity index (χ0) is 38.1. The number of hydrogen-bond acceptors (Lipinski definition) is 4. The molecular formula is C20H4F20N4O4. The molecule has 4 amide bonds. The summed E-state index contributed by atoms with van der Waals surface area (Å²) in [7, 11) is 0. The highest BCUT2D eigenvalue weighted by atomic mass is 19.4. The Morgan fingerprint density at radius 1 is 0.292 bits per heavy atom. The number of benzene rings is 2. The van der Waals surface area contributed by atoms with Crippen LogP contribution in [0.1, 0.15) is 0 Å². The minimum atomic E-state index is -5.74. The summed E-state index contributed by atoms with van der Waals surface area (Å²) >= 11 is 0. The van der Waals surface area contributed by atoms with Gasteiger partial charge in [-0.2, -0.15) is 52.7 Å². The van der Waals surface area contributed by atoms with Crippen LogP contribution in [0.25, 0.3) is 0 Å². The number of alkyl halides is 12. The third-order valence-electron chi connectivity index (χ3n) is 4.52. The average molecular weight is 744 g/mol. The Morgan fingerprint density at radius 3 is 0.521 bits per heavy atom. The molecule has 0 bridgehead atoms. The largest absolute Gasteiger partial charge is 0.471 e. The summed E-state index contributed by atoms with van der Waals surface area (Å²) in [6.45, 7) is 0. The lowest BCUT2D eigenvalue weighted by molar-refractivity contribution is -0.167. The van der Waals surface area contributed by atoms with Gasteiger partial charge in [-0.05, 0) is 0 Å². The van der Waals surface area contributed by atoms with Crippen molar-refractivity contribution in [3.05, 3.63) is 46.5 Å². The number of carbonyl (C=O) groups excluding carboxylic acids is 4. The normalized spacial score (nSPS) is 12.1. The monoisotopic (exact) mass is 744 g/mol. The number of anilines is 4. The molecule has 0 saturated heterocycles. The van der Waals surface area contributed by atoms with Gasteiger partial charge in [0.05, 0.1) is 0 Å². The molecule has 0 heterocycles. The van der Waals surface area contributed by atoms with E-state index in [1.54, 1.807) is 0 Å². The minimum absolute atomic E-state index is 0.517. The first-order chi connectivity index (χ1) is 21.3. The lowest BCUT2D eigenvalue weighted by atomic mass is 10.2. The second kappa shape index (κ2) is 14.0. The van der Waals surface area contributed by atoms with Gasteiger partial charge in [-0.3, -0.25) is 19.2 Å². The minimum Gasteiger partial charge on any atom is -0.314 e. The second-order valence-corrected chi connectivity index (χ2v) is 7.82. The van der Waals surface area contributed by atoms with Gasteiger partial charge in [0, 0.05) is 0 Å². The number of amides is 4. The molecule has 2 aromatic carbocycles. The van der Waals surface area contributed by atoms with E-state index in [1.165, 1.54) is 0 Å². The molecule has 48 heavy (non-hydrogen) atoms. The first kappa shape index (κ1) is 40.9. The summed E-state index contributed by atoms with van der Waals surface area (Å²) in [6.07, 6.45) is -22.9. The van der Waals surface area contributed by atoms with Crippen molar-refractivity contribution < 1.29 is 107 Å². The Morgan fingerprint density at radius 2 is 0.417 bits per heavy atom. The van der Waals surface area contributed by atoms with Crippen LogP contribution in [0.15, 0.2) is 0 Å². The summed E-state index contributed by atoms with van der Waals surface area (Å²) in [4.78, 5) is 42.6. The predicted molar refractivity (Wildman–Crippen MR) is 111 cm³/mol. The van der Waals surface area contributed by atoms with E-state index >= 15 is 0 Å². The SMILES string of the molecule is O=C(Nc1c(F)c(F)c(F)c(F)c1NC(=O)C(F)(F)F)C(F)(F)F.O=C(Nc1c(F)c(F)c(F)c(F)c1NC(=O)C(F)(F)F)C(F)(F)F. The fourth-order valence-corrected chi connectivity index (χ4v) is 2.47. The van der Waals surface area contributed by atoms with Gasteiger partial charge in [0.1, 0.15) is 22.7 Å². The molecule has 0 aliphatic rings. The second-order valence-electron chi connectivity index (χ2n) is 7.82. The summed E-state index contributed by atoms with van der Waals surface area (Å²) in [6, 6.07) is 0. The van der Waals surface area contributed by atoms with Gasteiger partial charge in [-0.1, -0.05) is 0 Å². The van der Waals surface area contributed by atoms with Gasteiger partial charge >= 0.3 is 48.3 Å². The Labute approximate surface area is 247 Å². The van der Waals surface area contributed by atoms with Crippen LogP contribution >= 0.6 is 0 Å². The van der Waals surface area contributed by atoms with Crippen LogP contribution in [0, 0.1) is 46.5 Å². The maximum atomic E-state index is 13.4. The number of rotatable bonds is 4. The average Bonchev–Trinajstić information content (AvgIpc) is 2.93. The standard InChI is InChI=1S/2C10H2F10N2O2/c2*11-1-2(12)4(14)6(22-8(24)10(18,19)20)5(3(1)13)21-7(23)9(15,16)17/h2*(H,21,23)(H,22,24).